The van der Waals surface area contributed by atoms with Crippen LogP contribution in [0.1, 0.15) is 12.8 Å². The quantitative estimate of drug-likeness (QED) is 0.818. The van der Waals surface area contributed by atoms with E-state index in [1.54, 1.807) is 11.1 Å². The van der Waals surface area contributed by atoms with E-state index in [0.29, 0.717) is 5.75 Å². The van der Waals surface area contributed by atoms with Gasteiger partial charge in [0.2, 0.25) is 0 Å². The summed E-state index contributed by atoms with van der Waals surface area (Å²) in [6, 6.07) is 7.79. The molecule has 0 radical (unpaired) electrons. The van der Waals surface area contributed by atoms with Gasteiger partial charge in [0.25, 0.3) is 0 Å². The molecule has 1 aromatic heterocycles. The van der Waals surface area contributed by atoms with E-state index >= 15 is 0 Å². The molecule has 4 heteroatoms. The standard InChI is InChI=1S/C13H14N2O2/c16-13(15-7-3-4-8-15)17-12-9-14-11-6-2-1-5-10(11)12/h1-2,5-6,9,14H,3-4,7-8H2. The van der Waals surface area contributed by atoms with E-state index in [4.69, 9.17) is 4.74 Å². The maximum Gasteiger partial charge on any atom is 0.415 e. The van der Waals surface area contributed by atoms with Crippen LogP contribution >= 0.6 is 0 Å². The van der Waals surface area contributed by atoms with Gasteiger partial charge >= 0.3 is 6.09 Å². The first-order chi connectivity index (χ1) is 8.34. The highest BCUT2D eigenvalue weighted by Crippen LogP contribution is 2.25. The number of likely N-dealkylation sites (tertiary alicyclic amines) is 1. The van der Waals surface area contributed by atoms with Gasteiger partial charge in [-0.05, 0) is 25.0 Å². The van der Waals surface area contributed by atoms with E-state index in [9.17, 15) is 4.79 Å². The summed E-state index contributed by atoms with van der Waals surface area (Å²) in [5, 5.41) is 0.944. The highest BCUT2D eigenvalue weighted by atomic mass is 16.6. The molecule has 2 aromatic rings. The average Bonchev–Trinajstić information content (AvgIpc) is 2.98. The highest BCUT2D eigenvalue weighted by molar-refractivity contribution is 5.88. The molecule has 0 unspecified atom stereocenters. The van der Waals surface area contributed by atoms with E-state index in [2.05, 4.69) is 4.98 Å². The molecule has 88 valence electrons. The molecule has 17 heavy (non-hydrogen) atoms. The predicted molar refractivity (Wildman–Crippen MR) is 65.1 cm³/mol. The van der Waals surface area contributed by atoms with Gasteiger partial charge in [-0.25, -0.2) is 4.79 Å². The molecule has 0 bridgehead atoms. The van der Waals surface area contributed by atoms with Gasteiger partial charge in [0, 0.05) is 30.2 Å². The molecule has 1 aliphatic rings. The number of carbonyl (C=O) groups excluding carboxylic acids is 1. The zero-order chi connectivity index (χ0) is 11.7. The Labute approximate surface area is 99.2 Å². The van der Waals surface area contributed by atoms with Crippen LogP contribution in [0.25, 0.3) is 10.9 Å². The largest absolute Gasteiger partial charge is 0.415 e. The van der Waals surface area contributed by atoms with Crippen molar-refractivity contribution in [3.8, 4) is 5.75 Å². The Morgan fingerprint density at radius 2 is 2.00 bits per heavy atom. The maximum atomic E-state index is 11.8. The molecule has 3 rings (SSSR count). The molecular formula is C13H14N2O2. The van der Waals surface area contributed by atoms with Gasteiger partial charge in [0.1, 0.15) is 0 Å². The van der Waals surface area contributed by atoms with Crippen LogP contribution in [0.3, 0.4) is 0 Å². The minimum Gasteiger partial charge on any atom is -0.408 e. The Hall–Kier alpha value is -1.97. The SMILES string of the molecule is O=C(Oc1c[nH]c2ccccc12)N1CCCC1. The number of fused-ring (bicyclic) bond motifs is 1. The van der Waals surface area contributed by atoms with Crippen LogP contribution in [-0.4, -0.2) is 29.1 Å². The van der Waals surface area contributed by atoms with Gasteiger partial charge < -0.3 is 14.6 Å². The van der Waals surface area contributed by atoms with Crippen molar-refractivity contribution in [3.05, 3.63) is 30.5 Å². The number of aromatic nitrogens is 1. The third-order valence-electron chi connectivity index (χ3n) is 3.11. The van der Waals surface area contributed by atoms with Crippen molar-refractivity contribution >= 4 is 17.0 Å². The number of hydrogen-bond acceptors (Lipinski definition) is 2. The first-order valence-electron chi connectivity index (χ1n) is 5.87. The Morgan fingerprint density at radius 1 is 1.24 bits per heavy atom. The molecule has 0 atom stereocenters. The van der Waals surface area contributed by atoms with Crippen LogP contribution < -0.4 is 4.74 Å². The summed E-state index contributed by atoms with van der Waals surface area (Å²) in [6.07, 6.45) is 3.64. The number of nitrogens with zero attached hydrogens (tertiary/aromatic N) is 1. The fourth-order valence-corrected chi connectivity index (χ4v) is 2.19. The minimum atomic E-state index is -0.243. The van der Waals surface area contributed by atoms with Crippen LogP contribution in [0.15, 0.2) is 30.5 Å². The molecule has 2 heterocycles. The van der Waals surface area contributed by atoms with Gasteiger partial charge in [-0.2, -0.15) is 0 Å². The lowest BCUT2D eigenvalue weighted by atomic mass is 10.2. The summed E-state index contributed by atoms with van der Waals surface area (Å²) in [4.78, 5) is 16.7. The first-order valence-corrected chi connectivity index (χ1v) is 5.87. The number of carbonyl (C=O) groups is 1. The number of nitrogens with one attached hydrogen (secondary N) is 1. The van der Waals surface area contributed by atoms with Crippen molar-refractivity contribution in [3.63, 3.8) is 0 Å². The second kappa shape index (κ2) is 4.13. The van der Waals surface area contributed by atoms with Gasteiger partial charge in [-0.3, -0.25) is 0 Å². The van der Waals surface area contributed by atoms with Crippen molar-refractivity contribution in [2.24, 2.45) is 0 Å². The molecule has 0 aliphatic carbocycles. The molecule has 0 spiro atoms. The Balaban J connectivity index is 1.82. The van der Waals surface area contributed by atoms with Crippen LogP contribution in [0.4, 0.5) is 4.79 Å². The molecule has 0 saturated carbocycles. The fraction of sp³-hybridized carbons (Fsp3) is 0.308. The lowest BCUT2D eigenvalue weighted by Gasteiger charge is -2.14. The first kappa shape index (κ1) is 10.2. The number of ether oxygens (including phenoxy) is 1. The van der Waals surface area contributed by atoms with E-state index < -0.39 is 0 Å². The van der Waals surface area contributed by atoms with Gasteiger partial charge in [-0.1, -0.05) is 12.1 Å². The number of rotatable bonds is 1. The molecular weight excluding hydrogens is 216 g/mol. The lowest BCUT2D eigenvalue weighted by Crippen LogP contribution is -2.30. The van der Waals surface area contributed by atoms with Crippen LogP contribution in [0.5, 0.6) is 5.75 Å². The average molecular weight is 230 g/mol. The number of hydrogen-bond donors (Lipinski definition) is 1. The number of H-pyrrole nitrogens is 1. The van der Waals surface area contributed by atoms with Crippen molar-refractivity contribution in [2.45, 2.75) is 12.8 Å². The zero-order valence-corrected chi connectivity index (χ0v) is 9.48. The fourth-order valence-electron chi connectivity index (χ4n) is 2.19. The minimum absolute atomic E-state index is 0.243. The number of aromatic amines is 1. The van der Waals surface area contributed by atoms with E-state index in [1.165, 1.54) is 0 Å². The summed E-state index contributed by atoms with van der Waals surface area (Å²) >= 11 is 0. The number of amides is 1. The third kappa shape index (κ3) is 1.86. The normalized spacial score (nSPS) is 15.4. The number of benzene rings is 1. The van der Waals surface area contributed by atoms with E-state index in [0.717, 1.165) is 36.8 Å². The molecule has 4 nitrogen and oxygen atoms in total. The van der Waals surface area contributed by atoms with Gasteiger partial charge in [0.15, 0.2) is 5.75 Å². The van der Waals surface area contributed by atoms with Crippen molar-refractivity contribution in [2.75, 3.05) is 13.1 Å². The molecule has 1 aromatic carbocycles. The van der Waals surface area contributed by atoms with Crippen molar-refractivity contribution in [1.82, 2.24) is 9.88 Å². The molecule has 1 N–H and O–H groups in total. The molecule has 1 aliphatic heterocycles. The van der Waals surface area contributed by atoms with Crippen LogP contribution in [-0.2, 0) is 0 Å². The topological polar surface area (TPSA) is 45.3 Å². The second-order valence-electron chi connectivity index (χ2n) is 4.26. The Bertz CT molecular complexity index is 541. The summed E-state index contributed by atoms with van der Waals surface area (Å²) in [5.41, 5.74) is 0.983. The van der Waals surface area contributed by atoms with Crippen molar-refractivity contribution in [1.29, 1.82) is 0 Å². The third-order valence-corrected chi connectivity index (χ3v) is 3.11. The zero-order valence-electron chi connectivity index (χ0n) is 9.48. The van der Waals surface area contributed by atoms with E-state index in [1.807, 2.05) is 24.3 Å². The summed E-state index contributed by atoms with van der Waals surface area (Å²) in [5.74, 6) is 0.609. The monoisotopic (exact) mass is 230 g/mol. The van der Waals surface area contributed by atoms with Crippen LogP contribution in [0.2, 0.25) is 0 Å². The summed E-state index contributed by atoms with van der Waals surface area (Å²) in [7, 11) is 0. The lowest BCUT2D eigenvalue weighted by molar-refractivity contribution is 0.163. The molecule has 1 amide bonds. The Morgan fingerprint density at radius 3 is 2.82 bits per heavy atom. The predicted octanol–water partition coefficient (Wildman–Crippen LogP) is 2.76. The number of para-hydroxylation sites is 1. The molecule has 1 fully saturated rings. The van der Waals surface area contributed by atoms with Crippen LogP contribution in [0, 0.1) is 0 Å². The Kier molecular flexibility index (Phi) is 2.48. The maximum absolute atomic E-state index is 11.8. The van der Waals surface area contributed by atoms with Gasteiger partial charge in [0.05, 0.1) is 0 Å². The van der Waals surface area contributed by atoms with Crippen molar-refractivity contribution < 1.29 is 9.53 Å². The highest BCUT2D eigenvalue weighted by Gasteiger charge is 2.20. The second-order valence-corrected chi connectivity index (χ2v) is 4.26. The summed E-state index contributed by atoms with van der Waals surface area (Å²) in [6.45, 7) is 1.61. The smallest absolute Gasteiger partial charge is 0.408 e. The summed E-state index contributed by atoms with van der Waals surface area (Å²) < 4.78 is 5.41. The molecule has 1 saturated heterocycles. The van der Waals surface area contributed by atoms with E-state index in [-0.39, 0.29) is 6.09 Å². The van der Waals surface area contributed by atoms with Gasteiger partial charge in [-0.15, -0.1) is 0 Å².